The predicted octanol–water partition coefficient (Wildman–Crippen LogP) is 5.27. The van der Waals surface area contributed by atoms with Gasteiger partial charge in [0.25, 0.3) is 10.0 Å². The fourth-order valence-corrected chi connectivity index (χ4v) is 5.42. The molecule has 2 amide bonds. The Morgan fingerprint density at radius 1 is 0.974 bits per heavy atom. The van der Waals surface area contributed by atoms with Gasteiger partial charge in [0.1, 0.15) is 18.4 Å². The molecule has 202 valence electrons. The molecule has 1 N–H and O–H groups in total. The van der Waals surface area contributed by atoms with Crippen molar-refractivity contribution in [3.63, 3.8) is 0 Å². The van der Waals surface area contributed by atoms with E-state index < -0.39 is 34.3 Å². The summed E-state index contributed by atoms with van der Waals surface area (Å²) in [4.78, 5) is 27.8. The summed E-state index contributed by atoms with van der Waals surface area (Å²) < 4.78 is 41.8. The second kappa shape index (κ2) is 13.1. The summed E-state index contributed by atoms with van der Waals surface area (Å²) in [6, 6.07) is 16.3. The van der Waals surface area contributed by atoms with Gasteiger partial charge in [-0.3, -0.25) is 13.9 Å². The minimum Gasteiger partial charge on any atom is -0.354 e. The number of amides is 2. The number of anilines is 1. The standard InChI is InChI=1S/C27H28Cl2FN3O4S/c1-3-15-31-27(35)19(2)32(17-20-9-14-24(28)25(29)16-20)26(34)18-33(22-12-10-21(30)11-13-22)38(36,37)23-7-5-4-6-8-23/h4-14,16,19H,3,15,17-18H2,1-2H3,(H,31,35). The Hall–Kier alpha value is -3.14. The SMILES string of the molecule is CCCNC(=O)C(C)N(Cc1ccc(Cl)c(Cl)c1)C(=O)CN(c1ccc(F)cc1)S(=O)(=O)c1ccccc1. The van der Waals surface area contributed by atoms with E-state index >= 15 is 0 Å². The van der Waals surface area contributed by atoms with Crippen LogP contribution in [0.1, 0.15) is 25.8 Å². The number of hydrogen-bond donors (Lipinski definition) is 1. The van der Waals surface area contributed by atoms with Gasteiger partial charge in [0.15, 0.2) is 0 Å². The molecule has 7 nitrogen and oxygen atoms in total. The fourth-order valence-electron chi connectivity index (χ4n) is 3.67. The number of rotatable bonds is 11. The van der Waals surface area contributed by atoms with Crippen LogP contribution in [0.2, 0.25) is 10.0 Å². The van der Waals surface area contributed by atoms with Crippen LogP contribution in [0.4, 0.5) is 10.1 Å². The van der Waals surface area contributed by atoms with Crippen molar-refractivity contribution in [3.05, 3.63) is 94.2 Å². The molecule has 3 rings (SSSR count). The van der Waals surface area contributed by atoms with Gasteiger partial charge in [-0.05, 0) is 67.4 Å². The Labute approximate surface area is 232 Å². The quantitative estimate of drug-likeness (QED) is 0.335. The molecule has 0 heterocycles. The summed E-state index contributed by atoms with van der Waals surface area (Å²) in [7, 11) is -4.22. The van der Waals surface area contributed by atoms with E-state index in [4.69, 9.17) is 23.2 Å². The third-order valence-electron chi connectivity index (χ3n) is 5.78. The zero-order valence-corrected chi connectivity index (χ0v) is 23.2. The molecular formula is C27H28Cl2FN3O4S. The molecule has 0 aliphatic heterocycles. The summed E-state index contributed by atoms with van der Waals surface area (Å²) in [6.07, 6.45) is 0.701. The van der Waals surface area contributed by atoms with Gasteiger partial charge >= 0.3 is 0 Å². The molecule has 0 aliphatic rings. The van der Waals surface area contributed by atoms with Crippen molar-refractivity contribution in [1.82, 2.24) is 10.2 Å². The molecule has 1 unspecified atom stereocenters. The van der Waals surface area contributed by atoms with Gasteiger partial charge in [-0.15, -0.1) is 0 Å². The van der Waals surface area contributed by atoms with Crippen molar-refractivity contribution >= 4 is 50.7 Å². The normalized spacial score (nSPS) is 12.0. The van der Waals surface area contributed by atoms with E-state index in [1.165, 1.54) is 29.2 Å². The van der Waals surface area contributed by atoms with Crippen LogP contribution in [-0.4, -0.2) is 44.3 Å². The Kier molecular flexibility index (Phi) is 10.1. The molecule has 0 aromatic heterocycles. The molecule has 0 saturated carbocycles. The third-order valence-corrected chi connectivity index (χ3v) is 8.31. The van der Waals surface area contributed by atoms with Gasteiger partial charge in [0.05, 0.1) is 20.6 Å². The first kappa shape index (κ1) is 29.4. The van der Waals surface area contributed by atoms with E-state index in [-0.39, 0.29) is 28.1 Å². The molecular weight excluding hydrogens is 552 g/mol. The molecule has 0 bridgehead atoms. The number of halogens is 3. The summed E-state index contributed by atoms with van der Waals surface area (Å²) >= 11 is 12.2. The van der Waals surface area contributed by atoms with Crippen LogP contribution >= 0.6 is 23.2 Å². The van der Waals surface area contributed by atoms with Gasteiger partial charge in [-0.2, -0.15) is 0 Å². The average Bonchev–Trinajstić information content (AvgIpc) is 2.91. The van der Waals surface area contributed by atoms with Gasteiger partial charge in [0, 0.05) is 13.1 Å². The molecule has 3 aromatic carbocycles. The Balaban J connectivity index is 2.01. The first-order valence-corrected chi connectivity index (χ1v) is 14.1. The second-order valence-corrected chi connectivity index (χ2v) is 11.2. The lowest BCUT2D eigenvalue weighted by Gasteiger charge is -2.32. The number of nitrogens with zero attached hydrogens (tertiary/aromatic N) is 2. The molecule has 11 heteroatoms. The number of nitrogens with one attached hydrogen (secondary N) is 1. The Bertz CT molecular complexity index is 1370. The van der Waals surface area contributed by atoms with Crippen LogP contribution in [-0.2, 0) is 26.2 Å². The van der Waals surface area contributed by atoms with Crippen molar-refractivity contribution in [2.24, 2.45) is 0 Å². The van der Waals surface area contributed by atoms with Crippen LogP contribution in [0.25, 0.3) is 0 Å². The van der Waals surface area contributed by atoms with E-state index in [1.54, 1.807) is 43.3 Å². The molecule has 0 fully saturated rings. The number of benzene rings is 3. The molecule has 3 aromatic rings. The maximum Gasteiger partial charge on any atom is 0.264 e. The lowest BCUT2D eigenvalue weighted by atomic mass is 10.1. The minimum atomic E-state index is -4.22. The molecule has 0 saturated heterocycles. The highest BCUT2D eigenvalue weighted by Gasteiger charge is 2.32. The average molecular weight is 581 g/mol. The zero-order valence-electron chi connectivity index (χ0n) is 20.9. The smallest absolute Gasteiger partial charge is 0.264 e. The molecule has 38 heavy (non-hydrogen) atoms. The van der Waals surface area contributed by atoms with E-state index in [2.05, 4.69) is 5.32 Å². The zero-order chi connectivity index (χ0) is 27.9. The van der Waals surface area contributed by atoms with Crippen molar-refractivity contribution in [2.75, 3.05) is 17.4 Å². The first-order valence-electron chi connectivity index (χ1n) is 11.9. The van der Waals surface area contributed by atoms with Crippen molar-refractivity contribution < 1.29 is 22.4 Å². The van der Waals surface area contributed by atoms with Crippen LogP contribution in [0, 0.1) is 5.82 Å². The van der Waals surface area contributed by atoms with Crippen LogP contribution in [0.5, 0.6) is 0 Å². The van der Waals surface area contributed by atoms with E-state index in [0.717, 1.165) is 16.4 Å². The highest BCUT2D eigenvalue weighted by molar-refractivity contribution is 7.92. The second-order valence-electron chi connectivity index (χ2n) is 8.54. The monoisotopic (exact) mass is 579 g/mol. The van der Waals surface area contributed by atoms with Crippen LogP contribution < -0.4 is 9.62 Å². The van der Waals surface area contributed by atoms with E-state index in [1.807, 2.05) is 6.92 Å². The number of hydrogen-bond acceptors (Lipinski definition) is 4. The summed E-state index contributed by atoms with van der Waals surface area (Å²) in [5, 5.41) is 3.38. The minimum absolute atomic E-state index is 0.0287. The maximum atomic E-state index is 13.8. The van der Waals surface area contributed by atoms with E-state index in [0.29, 0.717) is 23.6 Å². The van der Waals surface area contributed by atoms with Crippen LogP contribution in [0.15, 0.2) is 77.7 Å². The third kappa shape index (κ3) is 7.24. The Morgan fingerprint density at radius 3 is 2.24 bits per heavy atom. The topological polar surface area (TPSA) is 86.8 Å². The highest BCUT2D eigenvalue weighted by atomic mass is 35.5. The molecule has 1 atom stereocenters. The number of carbonyl (C=O) groups is 2. The van der Waals surface area contributed by atoms with Crippen molar-refractivity contribution in [3.8, 4) is 0 Å². The molecule has 0 spiro atoms. The van der Waals surface area contributed by atoms with E-state index in [9.17, 15) is 22.4 Å². The highest BCUT2D eigenvalue weighted by Crippen LogP contribution is 2.26. The Morgan fingerprint density at radius 2 is 1.63 bits per heavy atom. The first-order chi connectivity index (χ1) is 18.0. The molecule has 0 aliphatic carbocycles. The summed E-state index contributed by atoms with van der Waals surface area (Å²) in [6.45, 7) is 3.23. The van der Waals surface area contributed by atoms with Crippen molar-refractivity contribution in [2.45, 2.75) is 37.8 Å². The predicted molar refractivity (Wildman–Crippen MR) is 147 cm³/mol. The summed E-state index contributed by atoms with van der Waals surface area (Å²) in [5.74, 6) is -1.59. The lowest BCUT2D eigenvalue weighted by molar-refractivity contribution is -0.139. The number of sulfonamides is 1. The van der Waals surface area contributed by atoms with Gasteiger partial charge < -0.3 is 10.2 Å². The van der Waals surface area contributed by atoms with Crippen molar-refractivity contribution in [1.29, 1.82) is 0 Å². The van der Waals surface area contributed by atoms with Gasteiger partial charge in [-0.25, -0.2) is 12.8 Å². The molecule has 0 radical (unpaired) electrons. The van der Waals surface area contributed by atoms with Gasteiger partial charge in [0.2, 0.25) is 11.8 Å². The maximum absolute atomic E-state index is 13.8. The van der Waals surface area contributed by atoms with Crippen LogP contribution in [0.3, 0.4) is 0 Å². The lowest BCUT2D eigenvalue weighted by Crippen LogP contribution is -2.51. The largest absolute Gasteiger partial charge is 0.354 e. The van der Waals surface area contributed by atoms with Gasteiger partial charge in [-0.1, -0.05) is 54.4 Å². The summed E-state index contributed by atoms with van der Waals surface area (Å²) in [5.41, 5.74) is 0.698. The number of carbonyl (C=O) groups excluding carboxylic acids is 2. The fraction of sp³-hybridized carbons (Fsp3) is 0.259.